The van der Waals surface area contributed by atoms with E-state index in [-0.39, 0.29) is 0 Å². The fourth-order valence-corrected chi connectivity index (χ4v) is 3.24. The molecule has 19 heavy (non-hydrogen) atoms. The van der Waals surface area contributed by atoms with E-state index in [0.29, 0.717) is 0 Å². The van der Waals surface area contributed by atoms with Crippen LogP contribution in [0, 0.1) is 0 Å². The summed E-state index contributed by atoms with van der Waals surface area (Å²) in [5.41, 5.74) is 2.24. The molecule has 0 aromatic heterocycles. The zero-order valence-electron chi connectivity index (χ0n) is 10.3. The Hall–Kier alpha value is -1.38. The zero-order valence-corrected chi connectivity index (χ0v) is 11.9. The van der Waals surface area contributed by atoms with E-state index >= 15 is 0 Å². The molecule has 0 N–H and O–H groups in total. The molecule has 3 rings (SSSR count). The highest BCUT2D eigenvalue weighted by atomic mass is 35.5. The smallest absolute Gasteiger partial charge is 0.140 e. The van der Waals surface area contributed by atoms with Gasteiger partial charge in [0.1, 0.15) is 5.76 Å². The van der Waals surface area contributed by atoms with Crippen LogP contribution in [0.4, 0.5) is 0 Å². The molecule has 1 nitrogen and oxygen atoms in total. The summed E-state index contributed by atoms with van der Waals surface area (Å²) in [5, 5.41) is 0.733. The molecule has 0 radical (unpaired) electrons. The maximum atomic E-state index is 6.07. The van der Waals surface area contributed by atoms with Gasteiger partial charge in [-0.2, -0.15) is 0 Å². The highest BCUT2D eigenvalue weighted by Gasteiger charge is 2.18. The predicted octanol–water partition coefficient (Wildman–Crippen LogP) is 4.93. The van der Waals surface area contributed by atoms with Crippen molar-refractivity contribution in [2.75, 3.05) is 12.4 Å². The molecule has 0 atom stereocenters. The van der Waals surface area contributed by atoms with Crippen LogP contribution in [0.15, 0.2) is 54.6 Å². The lowest BCUT2D eigenvalue weighted by Crippen LogP contribution is -2.05. The van der Waals surface area contributed by atoms with Gasteiger partial charge < -0.3 is 4.74 Å². The Morgan fingerprint density at radius 1 is 0.947 bits per heavy atom. The van der Waals surface area contributed by atoms with E-state index in [2.05, 4.69) is 12.1 Å². The van der Waals surface area contributed by atoms with Gasteiger partial charge in [-0.05, 0) is 17.7 Å². The first-order chi connectivity index (χ1) is 9.34. The van der Waals surface area contributed by atoms with Gasteiger partial charge in [-0.1, -0.05) is 54.1 Å². The molecule has 0 amide bonds. The van der Waals surface area contributed by atoms with Crippen LogP contribution in [0.3, 0.4) is 0 Å². The molecular weight excluding hydrogens is 276 g/mol. The Morgan fingerprint density at radius 2 is 1.74 bits per heavy atom. The third kappa shape index (κ3) is 2.80. The lowest BCUT2D eigenvalue weighted by molar-refractivity contribution is 0.301. The average molecular weight is 289 g/mol. The average Bonchev–Trinajstić information content (AvgIpc) is 2.48. The third-order valence-corrected chi connectivity index (χ3v) is 4.22. The van der Waals surface area contributed by atoms with Gasteiger partial charge in [0, 0.05) is 16.3 Å². The maximum Gasteiger partial charge on any atom is 0.140 e. The molecule has 1 heterocycles. The standard InChI is InChI=1S/C16H13ClOS/c17-14-8-4-7-13(11-14)15-16(19-10-9-18-15)12-5-2-1-3-6-12/h1-8,11H,9-10H2. The summed E-state index contributed by atoms with van der Waals surface area (Å²) in [5.74, 6) is 1.92. The molecule has 1 aliphatic rings. The summed E-state index contributed by atoms with van der Waals surface area (Å²) in [6, 6.07) is 18.2. The molecule has 0 fully saturated rings. The highest BCUT2D eigenvalue weighted by molar-refractivity contribution is 8.08. The molecule has 0 saturated heterocycles. The molecule has 0 bridgehead atoms. The second-order valence-electron chi connectivity index (χ2n) is 4.23. The maximum absolute atomic E-state index is 6.07. The molecule has 0 saturated carbocycles. The van der Waals surface area contributed by atoms with E-state index < -0.39 is 0 Å². The minimum atomic E-state index is 0.733. The molecule has 96 valence electrons. The van der Waals surface area contributed by atoms with E-state index in [1.165, 1.54) is 10.5 Å². The molecule has 3 heteroatoms. The van der Waals surface area contributed by atoms with Gasteiger partial charge in [0.25, 0.3) is 0 Å². The Labute approximate surface area is 122 Å². The van der Waals surface area contributed by atoms with Crippen molar-refractivity contribution in [2.45, 2.75) is 0 Å². The summed E-state index contributed by atoms with van der Waals surface area (Å²) in [7, 11) is 0. The Bertz CT molecular complexity index is 607. The number of halogens is 1. The van der Waals surface area contributed by atoms with Crippen LogP contribution in [-0.4, -0.2) is 12.4 Å². The van der Waals surface area contributed by atoms with Crippen LogP contribution in [0.1, 0.15) is 11.1 Å². The first-order valence-electron chi connectivity index (χ1n) is 6.16. The van der Waals surface area contributed by atoms with E-state index in [1.54, 1.807) is 0 Å². The zero-order chi connectivity index (χ0) is 13.1. The molecule has 1 aliphatic heterocycles. The van der Waals surface area contributed by atoms with Crippen molar-refractivity contribution in [3.05, 3.63) is 70.7 Å². The van der Waals surface area contributed by atoms with Gasteiger partial charge in [-0.3, -0.25) is 0 Å². The van der Waals surface area contributed by atoms with Crippen molar-refractivity contribution in [1.29, 1.82) is 0 Å². The van der Waals surface area contributed by atoms with Crippen LogP contribution >= 0.6 is 23.4 Å². The van der Waals surface area contributed by atoms with Crippen LogP contribution in [-0.2, 0) is 4.74 Å². The van der Waals surface area contributed by atoms with Gasteiger partial charge in [0.15, 0.2) is 0 Å². The quantitative estimate of drug-likeness (QED) is 0.775. The Balaban J connectivity index is 2.11. The third-order valence-electron chi connectivity index (χ3n) is 2.91. The molecule has 0 spiro atoms. The van der Waals surface area contributed by atoms with Crippen molar-refractivity contribution in [1.82, 2.24) is 0 Å². The molecular formula is C16H13ClOS. The van der Waals surface area contributed by atoms with E-state index in [1.807, 2.05) is 54.2 Å². The first kappa shape index (κ1) is 12.6. The number of rotatable bonds is 2. The summed E-state index contributed by atoms with van der Waals surface area (Å²) >= 11 is 7.91. The van der Waals surface area contributed by atoms with Crippen LogP contribution < -0.4 is 0 Å². The van der Waals surface area contributed by atoms with Gasteiger partial charge in [0.2, 0.25) is 0 Å². The van der Waals surface area contributed by atoms with Crippen molar-refractivity contribution in [2.24, 2.45) is 0 Å². The second kappa shape index (κ2) is 5.72. The first-order valence-corrected chi connectivity index (χ1v) is 7.52. The second-order valence-corrected chi connectivity index (χ2v) is 5.77. The lowest BCUT2D eigenvalue weighted by atomic mass is 10.1. The lowest BCUT2D eigenvalue weighted by Gasteiger charge is -2.21. The number of hydrogen-bond acceptors (Lipinski definition) is 2. The molecule has 2 aromatic rings. The Kier molecular flexibility index (Phi) is 3.81. The van der Waals surface area contributed by atoms with Crippen molar-refractivity contribution in [3.63, 3.8) is 0 Å². The number of thioether (sulfide) groups is 1. The summed E-state index contributed by atoms with van der Waals surface area (Å²) in [6.45, 7) is 0.739. The van der Waals surface area contributed by atoms with Gasteiger partial charge in [-0.15, -0.1) is 11.8 Å². The van der Waals surface area contributed by atoms with Crippen molar-refractivity contribution >= 4 is 34.0 Å². The van der Waals surface area contributed by atoms with E-state index in [9.17, 15) is 0 Å². The number of hydrogen-bond donors (Lipinski definition) is 0. The Morgan fingerprint density at radius 3 is 2.53 bits per heavy atom. The molecule has 0 aliphatic carbocycles. The topological polar surface area (TPSA) is 9.23 Å². The molecule has 0 unspecified atom stereocenters. The van der Waals surface area contributed by atoms with Crippen molar-refractivity contribution in [3.8, 4) is 0 Å². The van der Waals surface area contributed by atoms with Crippen LogP contribution in [0.2, 0.25) is 5.02 Å². The van der Waals surface area contributed by atoms with Gasteiger partial charge in [-0.25, -0.2) is 0 Å². The van der Waals surface area contributed by atoms with Crippen LogP contribution in [0.5, 0.6) is 0 Å². The SMILES string of the molecule is Clc1cccc(C2=C(c3ccccc3)SCCO2)c1. The number of benzene rings is 2. The van der Waals surface area contributed by atoms with E-state index in [0.717, 1.165) is 28.7 Å². The minimum absolute atomic E-state index is 0.733. The normalized spacial score (nSPS) is 15.2. The largest absolute Gasteiger partial charge is 0.491 e. The van der Waals surface area contributed by atoms with E-state index in [4.69, 9.17) is 16.3 Å². The van der Waals surface area contributed by atoms with Gasteiger partial charge in [0.05, 0.1) is 11.5 Å². The fourth-order valence-electron chi connectivity index (χ4n) is 2.07. The van der Waals surface area contributed by atoms with Gasteiger partial charge >= 0.3 is 0 Å². The predicted molar refractivity (Wildman–Crippen MR) is 83.1 cm³/mol. The van der Waals surface area contributed by atoms with Crippen molar-refractivity contribution < 1.29 is 4.74 Å². The summed E-state index contributed by atoms with van der Waals surface area (Å²) < 4.78 is 5.89. The monoisotopic (exact) mass is 288 g/mol. The summed E-state index contributed by atoms with van der Waals surface area (Å²) in [4.78, 5) is 1.19. The fraction of sp³-hybridized carbons (Fsp3) is 0.125. The number of ether oxygens (including phenoxy) is 1. The van der Waals surface area contributed by atoms with Crippen LogP contribution in [0.25, 0.3) is 10.7 Å². The highest BCUT2D eigenvalue weighted by Crippen LogP contribution is 2.39. The minimum Gasteiger partial charge on any atom is -0.491 e. The molecule has 2 aromatic carbocycles. The summed E-state index contributed by atoms with van der Waals surface area (Å²) in [6.07, 6.45) is 0.